The maximum Gasteiger partial charge on any atom is 0.179 e. The maximum absolute atomic E-state index is 11.8. The fraction of sp³-hybridized carbons (Fsp3) is 0.667. The minimum atomic E-state index is 0.0367. The average molecular weight is 268 g/mol. The minimum absolute atomic E-state index is 0.0367. The Hall–Kier alpha value is -0.760. The van der Waals surface area contributed by atoms with Crippen LogP contribution in [0.5, 0.6) is 0 Å². The number of rotatable bonds is 4. The molecule has 0 bridgehead atoms. The lowest BCUT2D eigenvalue weighted by Gasteiger charge is -2.24. The second-order valence-electron chi connectivity index (χ2n) is 5.50. The topological polar surface area (TPSA) is 22.0 Å². The van der Waals surface area contributed by atoms with E-state index in [0.29, 0.717) is 6.04 Å². The van der Waals surface area contributed by atoms with Gasteiger partial charge in [0.25, 0.3) is 0 Å². The summed E-state index contributed by atoms with van der Waals surface area (Å²) in [6.07, 6.45) is 5.33. The second-order valence-corrected chi connectivity index (χ2v) is 5.76. The van der Waals surface area contributed by atoms with Gasteiger partial charge >= 0.3 is 0 Å². The molecule has 1 aliphatic carbocycles. The van der Waals surface area contributed by atoms with E-state index in [1.807, 2.05) is 13.0 Å². The summed E-state index contributed by atoms with van der Waals surface area (Å²) in [5.74, 6) is 0.866. The van der Waals surface area contributed by atoms with Gasteiger partial charge in [-0.3, -0.25) is 4.79 Å². The molecule has 18 heavy (non-hydrogen) atoms. The van der Waals surface area contributed by atoms with Gasteiger partial charge < -0.3 is 4.57 Å². The number of nitrogens with zero attached hydrogens (tertiary/aromatic N) is 1. The van der Waals surface area contributed by atoms with E-state index in [-0.39, 0.29) is 11.7 Å². The molecule has 0 saturated heterocycles. The molecule has 0 amide bonds. The number of hydrogen-bond acceptors (Lipinski definition) is 1. The number of hydrogen-bond donors (Lipinski definition) is 0. The van der Waals surface area contributed by atoms with Crippen molar-refractivity contribution >= 4 is 17.4 Å². The summed E-state index contributed by atoms with van der Waals surface area (Å²) < 4.78 is 2.33. The molecule has 3 heteroatoms. The Bertz CT molecular complexity index is 444. The van der Waals surface area contributed by atoms with E-state index in [9.17, 15) is 4.79 Å². The van der Waals surface area contributed by atoms with Crippen molar-refractivity contribution in [3.05, 3.63) is 23.0 Å². The number of alkyl halides is 1. The van der Waals surface area contributed by atoms with Crippen LogP contribution in [-0.4, -0.2) is 16.2 Å². The zero-order valence-corrected chi connectivity index (χ0v) is 12.3. The van der Waals surface area contributed by atoms with E-state index in [0.717, 1.165) is 17.2 Å². The first-order chi connectivity index (χ1) is 8.56. The lowest BCUT2D eigenvalue weighted by molar-refractivity contribution is 0.102. The van der Waals surface area contributed by atoms with Gasteiger partial charge in [-0.25, -0.2) is 0 Å². The van der Waals surface area contributed by atoms with Gasteiger partial charge in [0.2, 0.25) is 0 Å². The van der Waals surface area contributed by atoms with Crippen LogP contribution < -0.4 is 0 Å². The van der Waals surface area contributed by atoms with Crippen molar-refractivity contribution in [1.29, 1.82) is 0 Å². The van der Waals surface area contributed by atoms with Gasteiger partial charge in [-0.15, -0.1) is 11.6 Å². The Kier molecular flexibility index (Phi) is 4.16. The number of carbonyl (C=O) groups is 1. The van der Waals surface area contributed by atoms with Gasteiger partial charge in [-0.1, -0.05) is 12.8 Å². The normalized spacial score (nSPS) is 18.2. The van der Waals surface area contributed by atoms with Crippen LogP contribution in [0, 0.1) is 19.8 Å². The van der Waals surface area contributed by atoms with Gasteiger partial charge in [0, 0.05) is 23.0 Å². The summed E-state index contributed by atoms with van der Waals surface area (Å²) in [4.78, 5) is 11.8. The quantitative estimate of drug-likeness (QED) is 0.590. The van der Waals surface area contributed by atoms with Gasteiger partial charge in [0.15, 0.2) is 5.78 Å². The molecule has 0 spiro atoms. The Morgan fingerprint density at radius 3 is 2.61 bits per heavy atom. The molecule has 100 valence electrons. The van der Waals surface area contributed by atoms with Crippen LogP contribution in [0.3, 0.4) is 0 Å². The highest BCUT2D eigenvalue weighted by Gasteiger charge is 2.26. The summed E-state index contributed by atoms with van der Waals surface area (Å²) in [6, 6.07) is 2.48. The van der Waals surface area contributed by atoms with Crippen molar-refractivity contribution in [3.63, 3.8) is 0 Å². The predicted octanol–water partition coefficient (Wildman–Crippen LogP) is 4.28. The van der Waals surface area contributed by atoms with E-state index in [1.165, 1.54) is 31.4 Å². The smallest absolute Gasteiger partial charge is 0.179 e. The monoisotopic (exact) mass is 267 g/mol. The summed E-state index contributed by atoms with van der Waals surface area (Å²) in [6.45, 7) is 6.41. The number of aromatic nitrogens is 1. The molecule has 1 fully saturated rings. The Morgan fingerprint density at radius 1 is 1.44 bits per heavy atom. The Labute approximate surface area is 114 Å². The second kappa shape index (κ2) is 5.48. The molecule has 1 heterocycles. The van der Waals surface area contributed by atoms with Gasteiger partial charge in [-0.2, -0.15) is 0 Å². The van der Waals surface area contributed by atoms with Crippen LogP contribution in [-0.2, 0) is 0 Å². The van der Waals surface area contributed by atoms with Gasteiger partial charge in [-0.05, 0) is 45.6 Å². The van der Waals surface area contributed by atoms with Crippen LogP contribution in [0.2, 0.25) is 0 Å². The highest BCUT2D eigenvalue weighted by molar-refractivity contribution is 6.30. The van der Waals surface area contributed by atoms with Gasteiger partial charge in [0.05, 0.1) is 5.88 Å². The molecule has 0 N–H and O–H groups in total. The number of carbonyl (C=O) groups excluding carboxylic acids is 1. The molecular formula is C15H22ClNO. The molecule has 1 aliphatic rings. The molecule has 0 aliphatic heterocycles. The van der Waals surface area contributed by atoms with Crippen molar-refractivity contribution in [1.82, 2.24) is 4.57 Å². The lowest BCUT2D eigenvalue weighted by Crippen LogP contribution is -2.17. The third kappa shape index (κ3) is 2.35. The van der Waals surface area contributed by atoms with E-state index in [1.54, 1.807) is 0 Å². The zero-order chi connectivity index (χ0) is 13.3. The van der Waals surface area contributed by atoms with Crippen molar-refractivity contribution in [3.8, 4) is 0 Å². The molecule has 1 aromatic heterocycles. The molecule has 1 unspecified atom stereocenters. The first kappa shape index (κ1) is 13.7. The fourth-order valence-corrected chi connectivity index (χ4v) is 3.55. The van der Waals surface area contributed by atoms with Crippen LogP contribution in [0.15, 0.2) is 6.07 Å². The van der Waals surface area contributed by atoms with Crippen LogP contribution in [0.1, 0.15) is 60.4 Å². The third-order valence-electron chi connectivity index (χ3n) is 4.40. The number of ketones is 1. The third-order valence-corrected chi connectivity index (χ3v) is 4.64. The van der Waals surface area contributed by atoms with Gasteiger partial charge in [0.1, 0.15) is 0 Å². The SMILES string of the molecule is Cc1cc(C(=O)CCl)c(C)n1C(C)C1CCCC1. The molecule has 0 aromatic carbocycles. The van der Waals surface area contributed by atoms with E-state index in [4.69, 9.17) is 11.6 Å². The van der Waals surface area contributed by atoms with Crippen molar-refractivity contribution in [2.75, 3.05) is 5.88 Å². The molecule has 2 rings (SSSR count). The molecular weight excluding hydrogens is 246 g/mol. The first-order valence-electron chi connectivity index (χ1n) is 6.83. The molecule has 1 saturated carbocycles. The lowest BCUT2D eigenvalue weighted by atomic mass is 9.99. The van der Waals surface area contributed by atoms with Crippen molar-refractivity contribution in [2.24, 2.45) is 5.92 Å². The first-order valence-corrected chi connectivity index (χ1v) is 7.37. The highest BCUT2D eigenvalue weighted by Crippen LogP contribution is 2.36. The highest BCUT2D eigenvalue weighted by atomic mass is 35.5. The number of aryl methyl sites for hydroxylation is 1. The Morgan fingerprint density at radius 2 is 2.06 bits per heavy atom. The standard InChI is InChI=1S/C15H22ClNO/c1-10-8-14(15(18)9-16)12(3)17(10)11(2)13-6-4-5-7-13/h8,11,13H,4-7,9H2,1-3H3. The fourth-order valence-electron chi connectivity index (χ4n) is 3.41. The van der Waals surface area contributed by atoms with Crippen LogP contribution >= 0.6 is 11.6 Å². The minimum Gasteiger partial charge on any atom is -0.345 e. The van der Waals surface area contributed by atoms with E-state index < -0.39 is 0 Å². The number of Topliss-reactive ketones (excluding diaryl/α,β-unsaturated/α-hetero) is 1. The maximum atomic E-state index is 11.8. The summed E-state index contributed by atoms with van der Waals surface area (Å²) in [7, 11) is 0. The summed E-state index contributed by atoms with van der Waals surface area (Å²) in [5, 5.41) is 0. The molecule has 2 nitrogen and oxygen atoms in total. The van der Waals surface area contributed by atoms with Crippen LogP contribution in [0.4, 0.5) is 0 Å². The molecule has 1 aromatic rings. The largest absolute Gasteiger partial charge is 0.345 e. The molecule has 0 radical (unpaired) electrons. The molecule has 1 atom stereocenters. The van der Waals surface area contributed by atoms with E-state index in [2.05, 4.69) is 18.4 Å². The summed E-state index contributed by atoms with van der Waals surface area (Å²) in [5.41, 5.74) is 3.06. The zero-order valence-electron chi connectivity index (χ0n) is 11.5. The Balaban J connectivity index is 2.32. The van der Waals surface area contributed by atoms with Crippen LogP contribution in [0.25, 0.3) is 0 Å². The predicted molar refractivity (Wildman–Crippen MR) is 75.6 cm³/mol. The van der Waals surface area contributed by atoms with Crippen molar-refractivity contribution < 1.29 is 4.79 Å². The number of halogens is 1. The van der Waals surface area contributed by atoms with Crippen molar-refractivity contribution in [2.45, 2.75) is 52.5 Å². The average Bonchev–Trinajstić information content (AvgIpc) is 2.96. The summed E-state index contributed by atoms with van der Waals surface area (Å²) >= 11 is 5.67. The van der Waals surface area contributed by atoms with E-state index >= 15 is 0 Å².